The van der Waals surface area contributed by atoms with E-state index in [1.165, 1.54) is 4.68 Å². The highest BCUT2D eigenvalue weighted by molar-refractivity contribution is 5.93. The number of anilines is 1. The Bertz CT molecular complexity index is 1230. The van der Waals surface area contributed by atoms with Crippen LogP contribution < -0.4 is 16.3 Å². The predicted octanol–water partition coefficient (Wildman–Crippen LogP) is 3.55. The number of hydrogen-bond acceptors (Lipinski definition) is 4. The van der Waals surface area contributed by atoms with Gasteiger partial charge in [-0.1, -0.05) is 54.6 Å². The molecule has 0 radical (unpaired) electrons. The summed E-state index contributed by atoms with van der Waals surface area (Å²) in [5.74, 6) is 0.201. The second-order valence-electron chi connectivity index (χ2n) is 6.71. The maximum Gasteiger partial charge on any atom is 0.280 e. The van der Waals surface area contributed by atoms with Crippen LogP contribution in [0, 0.1) is 6.92 Å². The number of amides is 1. The lowest BCUT2D eigenvalue weighted by Gasteiger charge is -2.15. The van der Waals surface area contributed by atoms with E-state index >= 15 is 0 Å². The van der Waals surface area contributed by atoms with E-state index in [0.29, 0.717) is 22.4 Å². The number of fused-ring (bicyclic) bond motifs is 1. The quantitative estimate of drug-likeness (QED) is 0.552. The zero-order valence-corrected chi connectivity index (χ0v) is 15.9. The second-order valence-corrected chi connectivity index (χ2v) is 6.71. The molecule has 0 unspecified atom stereocenters. The first kappa shape index (κ1) is 18.4. The van der Waals surface area contributed by atoms with Gasteiger partial charge in [0.25, 0.3) is 5.56 Å². The van der Waals surface area contributed by atoms with E-state index < -0.39 is 0 Å². The van der Waals surface area contributed by atoms with E-state index in [4.69, 9.17) is 0 Å². The number of nitrogens with zero attached hydrogens (tertiary/aromatic N) is 2. The Morgan fingerprint density at radius 2 is 1.72 bits per heavy atom. The van der Waals surface area contributed by atoms with Gasteiger partial charge in [-0.3, -0.25) is 9.59 Å². The number of hydrogen-bond donors (Lipinski definition) is 2. The van der Waals surface area contributed by atoms with Crippen LogP contribution in [0.5, 0.6) is 0 Å². The third-order valence-corrected chi connectivity index (χ3v) is 4.51. The molecule has 1 amide bonds. The van der Waals surface area contributed by atoms with E-state index in [2.05, 4.69) is 15.7 Å². The van der Waals surface area contributed by atoms with Crippen molar-refractivity contribution in [3.63, 3.8) is 0 Å². The number of carbonyl (C=O) groups is 1. The number of aryl methyl sites for hydroxylation is 1. The molecule has 3 aromatic carbocycles. The van der Waals surface area contributed by atoms with Crippen LogP contribution in [-0.4, -0.2) is 22.1 Å². The van der Waals surface area contributed by atoms with Gasteiger partial charge < -0.3 is 10.7 Å². The normalized spacial score (nSPS) is 10.7. The number of rotatable bonds is 5. The maximum absolute atomic E-state index is 13.1. The van der Waals surface area contributed by atoms with Crippen LogP contribution in [0.2, 0.25) is 0 Å². The van der Waals surface area contributed by atoms with Crippen LogP contribution in [0.1, 0.15) is 5.56 Å². The van der Waals surface area contributed by atoms with E-state index in [-0.39, 0.29) is 18.0 Å². The molecule has 0 spiro atoms. The SMILES string of the molecule is Cc1cccc(NC(=O)CNn2c(-c3ccccc3)nc3ccccc3c2=O)c1. The second kappa shape index (κ2) is 7.98. The van der Waals surface area contributed by atoms with E-state index in [1.807, 2.05) is 67.6 Å². The summed E-state index contributed by atoms with van der Waals surface area (Å²) in [4.78, 5) is 30.1. The molecule has 0 saturated heterocycles. The number of aromatic nitrogens is 2. The van der Waals surface area contributed by atoms with Crippen molar-refractivity contribution < 1.29 is 4.79 Å². The molecule has 29 heavy (non-hydrogen) atoms. The molecule has 0 bridgehead atoms. The van der Waals surface area contributed by atoms with Crippen molar-refractivity contribution in [2.45, 2.75) is 6.92 Å². The van der Waals surface area contributed by atoms with Gasteiger partial charge in [-0.15, -0.1) is 0 Å². The molecule has 4 aromatic rings. The molecule has 0 atom stereocenters. The van der Waals surface area contributed by atoms with Crippen LogP contribution in [-0.2, 0) is 4.79 Å². The third kappa shape index (κ3) is 4.01. The van der Waals surface area contributed by atoms with E-state index in [1.54, 1.807) is 18.2 Å². The Kier molecular flexibility index (Phi) is 5.07. The van der Waals surface area contributed by atoms with E-state index in [0.717, 1.165) is 11.1 Å². The van der Waals surface area contributed by atoms with Gasteiger partial charge in [0.05, 0.1) is 10.9 Å². The molecule has 0 fully saturated rings. The van der Waals surface area contributed by atoms with Crippen LogP contribution in [0.15, 0.2) is 83.7 Å². The van der Waals surface area contributed by atoms with Gasteiger partial charge in [0.1, 0.15) is 6.54 Å². The average molecular weight is 384 g/mol. The summed E-state index contributed by atoms with van der Waals surface area (Å²) in [6, 6.07) is 24.1. The monoisotopic (exact) mass is 384 g/mol. The Morgan fingerprint density at radius 3 is 2.52 bits per heavy atom. The minimum absolute atomic E-state index is 0.0757. The van der Waals surface area contributed by atoms with Gasteiger partial charge in [0, 0.05) is 11.3 Å². The molecule has 2 N–H and O–H groups in total. The number of benzene rings is 3. The standard InChI is InChI=1S/C23H20N4O2/c1-16-8-7-11-18(14-16)25-21(28)15-24-27-22(17-9-3-2-4-10-17)26-20-13-6-5-12-19(20)23(27)29/h2-14,24H,15H2,1H3,(H,25,28). The summed E-state index contributed by atoms with van der Waals surface area (Å²) in [7, 11) is 0. The third-order valence-electron chi connectivity index (χ3n) is 4.51. The molecular formula is C23H20N4O2. The lowest BCUT2D eigenvalue weighted by atomic mass is 10.2. The zero-order valence-electron chi connectivity index (χ0n) is 15.9. The molecule has 1 heterocycles. The van der Waals surface area contributed by atoms with E-state index in [9.17, 15) is 9.59 Å². The Balaban J connectivity index is 1.66. The first-order valence-electron chi connectivity index (χ1n) is 9.29. The topological polar surface area (TPSA) is 76.0 Å². The number of nitrogens with one attached hydrogen (secondary N) is 2. The summed E-state index contributed by atoms with van der Waals surface area (Å²) >= 11 is 0. The van der Waals surface area contributed by atoms with Crippen molar-refractivity contribution in [1.82, 2.24) is 9.66 Å². The average Bonchev–Trinajstić information content (AvgIpc) is 2.73. The summed E-state index contributed by atoms with van der Waals surface area (Å²) in [6.07, 6.45) is 0. The Morgan fingerprint density at radius 1 is 0.966 bits per heavy atom. The zero-order chi connectivity index (χ0) is 20.2. The Hall–Kier alpha value is -3.93. The van der Waals surface area contributed by atoms with Crippen LogP contribution in [0.25, 0.3) is 22.3 Å². The van der Waals surface area contributed by atoms with Crippen LogP contribution in [0.3, 0.4) is 0 Å². The summed E-state index contributed by atoms with van der Waals surface area (Å²) < 4.78 is 1.34. The first-order valence-corrected chi connectivity index (χ1v) is 9.29. The lowest BCUT2D eigenvalue weighted by Crippen LogP contribution is -2.36. The summed E-state index contributed by atoms with van der Waals surface area (Å²) in [5, 5.41) is 3.32. The van der Waals surface area contributed by atoms with Gasteiger partial charge in [0.15, 0.2) is 5.82 Å². The molecule has 6 nitrogen and oxygen atoms in total. The molecular weight excluding hydrogens is 364 g/mol. The number of carbonyl (C=O) groups excluding carboxylic acids is 1. The smallest absolute Gasteiger partial charge is 0.280 e. The maximum atomic E-state index is 13.1. The molecule has 1 aromatic heterocycles. The molecule has 0 saturated carbocycles. The fourth-order valence-electron chi connectivity index (χ4n) is 3.14. The highest BCUT2D eigenvalue weighted by atomic mass is 16.2. The fraction of sp³-hybridized carbons (Fsp3) is 0.0870. The van der Waals surface area contributed by atoms with Crippen molar-refractivity contribution in [1.29, 1.82) is 0 Å². The van der Waals surface area contributed by atoms with Gasteiger partial charge in [-0.2, -0.15) is 0 Å². The number of para-hydroxylation sites is 1. The molecule has 144 valence electrons. The van der Waals surface area contributed by atoms with Gasteiger partial charge in [0.2, 0.25) is 5.91 Å². The summed E-state index contributed by atoms with van der Waals surface area (Å²) in [5.41, 5.74) is 5.84. The largest absolute Gasteiger partial charge is 0.324 e. The van der Waals surface area contributed by atoms with Crippen molar-refractivity contribution in [2.24, 2.45) is 0 Å². The predicted molar refractivity (Wildman–Crippen MR) is 115 cm³/mol. The molecule has 0 aliphatic carbocycles. The molecule has 0 aliphatic heterocycles. The molecule has 6 heteroatoms. The summed E-state index contributed by atoms with van der Waals surface area (Å²) in [6.45, 7) is 1.88. The highest BCUT2D eigenvalue weighted by Gasteiger charge is 2.13. The minimum Gasteiger partial charge on any atom is -0.324 e. The van der Waals surface area contributed by atoms with Crippen molar-refractivity contribution >= 4 is 22.5 Å². The first-order chi connectivity index (χ1) is 14.1. The van der Waals surface area contributed by atoms with Crippen molar-refractivity contribution in [3.05, 3.63) is 94.8 Å². The molecule has 0 aliphatic rings. The van der Waals surface area contributed by atoms with Crippen LogP contribution >= 0.6 is 0 Å². The van der Waals surface area contributed by atoms with Gasteiger partial charge in [-0.05, 0) is 36.8 Å². The van der Waals surface area contributed by atoms with Gasteiger partial charge >= 0.3 is 0 Å². The van der Waals surface area contributed by atoms with Gasteiger partial charge in [-0.25, -0.2) is 9.66 Å². The van der Waals surface area contributed by atoms with Crippen molar-refractivity contribution in [3.8, 4) is 11.4 Å². The van der Waals surface area contributed by atoms with Crippen molar-refractivity contribution in [2.75, 3.05) is 17.3 Å². The Labute approximate surface area is 167 Å². The van der Waals surface area contributed by atoms with Crippen LogP contribution in [0.4, 0.5) is 5.69 Å². The lowest BCUT2D eigenvalue weighted by molar-refractivity contribution is -0.114. The molecule has 4 rings (SSSR count). The minimum atomic E-state index is -0.255. The fourth-order valence-corrected chi connectivity index (χ4v) is 3.14. The highest BCUT2D eigenvalue weighted by Crippen LogP contribution is 2.17.